The molecule has 0 radical (unpaired) electrons. The predicted octanol–water partition coefficient (Wildman–Crippen LogP) is 2.40. The first-order valence-corrected chi connectivity index (χ1v) is 7.16. The third kappa shape index (κ3) is 2.71. The fourth-order valence-corrected chi connectivity index (χ4v) is 2.39. The van der Waals surface area contributed by atoms with Crippen molar-refractivity contribution in [3.63, 3.8) is 0 Å². The van der Waals surface area contributed by atoms with Crippen molar-refractivity contribution in [2.75, 3.05) is 19.5 Å². The maximum Gasteiger partial charge on any atom is 0.419 e. The molecule has 124 valence electrons. The summed E-state index contributed by atoms with van der Waals surface area (Å²) in [6, 6.07) is 9.91. The molecule has 0 aliphatic rings. The minimum Gasteiger partial charge on any atom is -0.493 e. The summed E-state index contributed by atoms with van der Waals surface area (Å²) in [5, 5.41) is 2.77. The van der Waals surface area contributed by atoms with Crippen LogP contribution in [0.5, 0.6) is 11.5 Å². The molecular weight excluding hydrogens is 312 g/mol. The van der Waals surface area contributed by atoms with Gasteiger partial charge in [0.2, 0.25) is 0 Å². The zero-order valence-electron chi connectivity index (χ0n) is 13.5. The van der Waals surface area contributed by atoms with Gasteiger partial charge >= 0.3 is 5.76 Å². The molecule has 2 aromatic carbocycles. The summed E-state index contributed by atoms with van der Waals surface area (Å²) >= 11 is 0. The minimum atomic E-state index is -0.470. The van der Waals surface area contributed by atoms with Gasteiger partial charge in [-0.15, -0.1) is 0 Å². The lowest BCUT2D eigenvalue weighted by atomic mass is 10.2. The van der Waals surface area contributed by atoms with Crippen LogP contribution < -0.4 is 20.5 Å². The van der Waals surface area contributed by atoms with Gasteiger partial charge in [0.1, 0.15) is 0 Å². The maximum atomic E-state index is 12.4. The molecule has 0 saturated heterocycles. The number of nitrogens with one attached hydrogen (secondary N) is 1. The van der Waals surface area contributed by atoms with Crippen LogP contribution in [-0.4, -0.2) is 24.7 Å². The second kappa shape index (κ2) is 6.11. The molecule has 0 spiro atoms. The van der Waals surface area contributed by atoms with Gasteiger partial charge in [0.15, 0.2) is 17.1 Å². The molecule has 1 amide bonds. The lowest BCUT2D eigenvalue weighted by Crippen LogP contribution is -2.12. The summed E-state index contributed by atoms with van der Waals surface area (Å²) in [5.74, 6) is 0.292. The third-order valence-electron chi connectivity index (χ3n) is 3.70. The average molecular weight is 328 g/mol. The summed E-state index contributed by atoms with van der Waals surface area (Å²) < 4.78 is 16.8. The zero-order chi connectivity index (χ0) is 17.3. The van der Waals surface area contributed by atoms with Crippen LogP contribution in [0.4, 0.5) is 5.69 Å². The first-order valence-electron chi connectivity index (χ1n) is 7.16. The van der Waals surface area contributed by atoms with E-state index in [1.54, 1.807) is 44.5 Å². The molecule has 3 aromatic rings. The van der Waals surface area contributed by atoms with Crippen LogP contribution in [0, 0.1) is 0 Å². The number of rotatable bonds is 4. The highest BCUT2D eigenvalue weighted by Gasteiger charge is 2.12. The topological polar surface area (TPSA) is 82.7 Å². The second-order valence-corrected chi connectivity index (χ2v) is 5.13. The van der Waals surface area contributed by atoms with E-state index in [9.17, 15) is 9.59 Å². The van der Waals surface area contributed by atoms with Crippen LogP contribution in [0.1, 0.15) is 10.4 Å². The Balaban J connectivity index is 1.88. The fraction of sp³-hybridized carbons (Fsp3) is 0.176. The lowest BCUT2D eigenvalue weighted by molar-refractivity contribution is 0.102. The van der Waals surface area contributed by atoms with Crippen molar-refractivity contribution in [2.24, 2.45) is 7.05 Å². The molecular formula is C17H16N2O5. The Morgan fingerprint density at radius 1 is 1.08 bits per heavy atom. The molecule has 0 saturated carbocycles. The monoisotopic (exact) mass is 328 g/mol. The van der Waals surface area contributed by atoms with Gasteiger partial charge in [-0.25, -0.2) is 4.79 Å². The zero-order valence-corrected chi connectivity index (χ0v) is 13.5. The number of aromatic nitrogens is 1. The molecule has 0 bridgehead atoms. The van der Waals surface area contributed by atoms with Crippen LogP contribution in [0.15, 0.2) is 45.6 Å². The third-order valence-corrected chi connectivity index (χ3v) is 3.70. The van der Waals surface area contributed by atoms with Crippen LogP contribution in [-0.2, 0) is 7.05 Å². The molecule has 0 atom stereocenters. The quantitative estimate of drug-likeness (QED) is 0.795. The van der Waals surface area contributed by atoms with E-state index in [1.807, 2.05) is 0 Å². The Bertz CT molecular complexity index is 971. The van der Waals surface area contributed by atoms with Gasteiger partial charge in [-0.05, 0) is 30.3 Å². The predicted molar refractivity (Wildman–Crippen MR) is 89.0 cm³/mol. The molecule has 0 fully saturated rings. The first kappa shape index (κ1) is 15.7. The molecule has 3 rings (SSSR count). The number of carbonyl (C=O) groups excluding carboxylic acids is 1. The number of nitrogens with zero attached hydrogens (tertiary/aromatic N) is 1. The van der Waals surface area contributed by atoms with Crippen molar-refractivity contribution < 1.29 is 18.7 Å². The molecule has 1 heterocycles. The van der Waals surface area contributed by atoms with E-state index in [2.05, 4.69) is 5.32 Å². The van der Waals surface area contributed by atoms with Crippen LogP contribution in [0.3, 0.4) is 0 Å². The second-order valence-electron chi connectivity index (χ2n) is 5.13. The molecule has 24 heavy (non-hydrogen) atoms. The number of ether oxygens (including phenoxy) is 2. The SMILES string of the molecule is COc1ccc(NC(=O)c2ccc3c(c2)oc(=O)n3C)cc1OC. The molecule has 0 aliphatic heterocycles. The number of oxazole rings is 1. The lowest BCUT2D eigenvalue weighted by Gasteiger charge is -2.10. The number of fused-ring (bicyclic) bond motifs is 1. The Morgan fingerprint density at radius 3 is 2.54 bits per heavy atom. The van der Waals surface area contributed by atoms with Crippen LogP contribution in [0.2, 0.25) is 0 Å². The Hall–Kier alpha value is -3.22. The molecule has 1 aromatic heterocycles. The van der Waals surface area contributed by atoms with Gasteiger partial charge in [0.05, 0.1) is 19.7 Å². The van der Waals surface area contributed by atoms with Gasteiger partial charge in [-0.3, -0.25) is 9.36 Å². The highest BCUT2D eigenvalue weighted by molar-refractivity contribution is 6.05. The van der Waals surface area contributed by atoms with Crippen molar-refractivity contribution >= 4 is 22.7 Å². The van der Waals surface area contributed by atoms with E-state index < -0.39 is 5.76 Å². The van der Waals surface area contributed by atoms with Crippen molar-refractivity contribution in [1.82, 2.24) is 4.57 Å². The minimum absolute atomic E-state index is 0.323. The van der Waals surface area contributed by atoms with E-state index in [4.69, 9.17) is 13.9 Å². The fourth-order valence-electron chi connectivity index (χ4n) is 2.39. The number of hydrogen-bond donors (Lipinski definition) is 1. The first-order chi connectivity index (χ1) is 11.5. The van der Waals surface area contributed by atoms with E-state index in [0.717, 1.165) is 0 Å². The number of hydrogen-bond acceptors (Lipinski definition) is 5. The molecule has 1 N–H and O–H groups in total. The number of benzene rings is 2. The summed E-state index contributed by atoms with van der Waals surface area (Å²) in [6.45, 7) is 0. The van der Waals surface area contributed by atoms with Gasteiger partial charge in [-0.2, -0.15) is 0 Å². The average Bonchev–Trinajstić information content (AvgIpc) is 2.88. The van der Waals surface area contributed by atoms with Crippen LogP contribution in [0.25, 0.3) is 11.1 Å². The molecule has 7 heteroatoms. The smallest absolute Gasteiger partial charge is 0.419 e. The van der Waals surface area contributed by atoms with E-state index >= 15 is 0 Å². The van der Waals surface area contributed by atoms with Crippen molar-refractivity contribution in [2.45, 2.75) is 0 Å². The van der Waals surface area contributed by atoms with Gasteiger partial charge < -0.3 is 19.2 Å². The maximum absolute atomic E-state index is 12.4. The summed E-state index contributed by atoms with van der Waals surface area (Å²) in [6.07, 6.45) is 0. The Morgan fingerprint density at radius 2 is 1.83 bits per heavy atom. The summed E-state index contributed by atoms with van der Waals surface area (Å²) in [7, 11) is 4.67. The highest BCUT2D eigenvalue weighted by atomic mass is 16.5. The van der Waals surface area contributed by atoms with E-state index in [0.29, 0.717) is 33.8 Å². The summed E-state index contributed by atoms with van der Waals surface area (Å²) in [5.41, 5.74) is 1.93. The number of carbonyl (C=O) groups is 1. The number of anilines is 1. The standard InChI is InChI=1S/C17H16N2O5/c1-19-12-6-4-10(8-14(12)24-17(19)21)16(20)18-11-5-7-13(22-2)15(9-11)23-3/h4-9H,1-3H3,(H,18,20). The van der Waals surface area contributed by atoms with E-state index in [-0.39, 0.29) is 5.91 Å². The largest absolute Gasteiger partial charge is 0.493 e. The Kier molecular flexibility index (Phi) is 3.99. The molecule has 0 unspecified atom stereocenters. The van der Waals surface area contributed by atoms with E-state index in [1.165, 1.54) is 17.7 Å². The number of amides is 1. The van der Waals surface area contributed by atoms with Gasteiger partial charge in [-0.1, -0.05) is 0 Å². The normalized spacial score (nSPS) is 10.6. The van der Waals surface area contributed by atoms with Gasteiger partial charge in [0, 0.05) is 24.4 Å². The van der Waals surface area contributed by atoms with Crippen molar-refractivity contribution in [3.05, 3.63) is 52.5 Å². The number of aryl methyl sites for hydroxylation is 1. The van der Waals surface area contributed by atoms with Crippen molar-refractivity contribution in [3.8, 4) is 11.5 Å². The highest BCUT2D eigenvalue weighted by Crippen LogP contribution is 2.30. The number of methoxy groups -OCH3 is 2. The van der Waals surface area contributed by atoms with Crippen molar-refractivity contribution in [1.29, 1.82) is 0 Å². The summed E-state index contributed by atoms with van der Waals surface area (Å²) in [4.78, 5) is 23.9. The molecule has 0 aliphatic carbocycles. The van der Waals surface area contributed by atoms with Crippen LogP contribution >= 0.6 is 0 Å². The Labute approximate surface area is 137 Å². The molecule has 7 nitrogen and oxygen atoms in total. The van der Waals surface area contributed by atoms with Gasteiger partial charge in [0.25, 0.3) is 5.91 Å².